The first-order valence-electron chi connectivity index (χ1n) is 12.8. The average molecular weight is 636 g/mol. The van der Waals surface area contributed by atoms with E-state index in [4.69, 9.17) is 24.8 Å². The van der Waals surface area contributed by atoms with Crippen molar-refractivity contribution >= 4 is 29.2 Å². The van der Waals surface area contributed by atoms with Gasteiger partial charge in [-0.2, -0.15) is 26.3 Å². The first-order valence-corrected chi connectivity index (χ1v) is 13.7. The van der Waals surface area contributed by atoms with E-state index in [1.54, 1.807) is 5.51 Å². The van der Waals surface area contributed by atoms with E-state index in [0.717, 1.165) is 51.4 Å². The number of likely N-dealkylation sites (N-methyl/N-ethyl adjacent to an activating group) is 1. The van der Waals surface area contributed by atoms with Crippen molar-refractivity contribution in [3.63, 3.8) is 0 Å². The summed E-state index contributed by atoms with van der Waals surface area (Å²) in [5, 5.41) is 16.1. The summed E-state index contributed by atoms with van der Waals surface area (Å²) >= 11 is 1.47. The molecule has 5 rings (SSSR count). The van der Waals surface area contributed by atoms with E-state index in [1.807, 2.05) is 22.5 Å². The lowest BCUT2D eigenvalue weighted by Gasteiger charge is -2.50. The SMILES string of the molecule is CCN1CCn2c(-c3ccccc3)cnc2C12CCN(C(=O)c1cscn1)CC2.O=C(O)C(F)(F)F.O=C(O)C(F)(F)F. The summed E-state index contributed by atoms with van der Waals surface area (Å²) in [6.07, 6.45) is -6.33. The number of rotatable bonds is 3. The number of aliphatic carboxylic acids is 2. The van der Waals surface area contributed by atoms with Crippen LogP contribution in [0, 0.1) is 0 Å². The zero-order chi connectivity index (χ0) is 32.0. The number of hydrogen-bond acceptors (Lipinski definition) is 7. The second kappa shape index (κ2) is 13.5. The van der Waals surface area contributed by atoms with Gasteiger partial charge in [-0.05, 0) is 24.9 Å². The number of carboxylic acid groups (broad SMARTS) is 2. The van der Waals surface area contributed by atoms with Crippen LogP contribution in [-0.4, -0.2) is 90.9 Å². The first-order chi connectivity index (χ1) is 20.1. The number of likely N-dealkylation sites (tertiary alicyclic amines) is 1. The number of alkyl halides is 6. The molecule has 1 amide bonds. The van der Waals surface area contributed by atoms with Crippen LogP contribution in [0.3, 0.4) is 0 Å². The first kappa shape index (κ1) is 33.5. The Bertz CT molecular complexity index is 1360. The molecule has 0 bridgehead atoms. The van der Waals surface area contributed by atoms with Crippen LogP contribution in [0.25, 0.3) is 11.3 Å². The van der Waals surface area contributed by atoms with Crippen LogP contribution in [-0.2, 0) is 21.7 Å². The normalized spacial score (nSPS) is 16.3. The van der Waals surface area contributed by atoms with E-state index in [1.165, 1.54) is 22.6 Å². The third kappa shape index (κ3) is 7.90. The van der Waals surface area contributed by atoms with Gasteiger partial charge < -0.3 is 19.7 Å². The van der Waals surface area contributed by atoms with Crippen LogP contribution in [0.1, 0.15) is 36.1 Å². The third-order valence-corrected chi connectivity index (χ3v) is 7.52. The molecule has 2 aromatic heterocycles. The van der Waals surface area contributed by atoms with Crippen molar-refractivity contribution < 1.29 is 50.9 Å². The molecule has 0 atom stereocenters. The number of aromatic nitrogens is 3. The van der Waals surface area contributed by atoms with Crippen molar-refractivity contribution in [3.05, 3.63) is 58.9 Å². The third-order valence-electron chi connectivity index (χ3n) is 6.94. The van der Waals surface area contributed by atoms with Gasteiger partial charge in [0.2, 0.25) is 0 Å². The van der Waals surface area contributed by atoms with E-state index >= 15 is 0 Å². The Morgan fingerprint density at radius 2 is 1.47 bits per heavy atom. The highest BCUT2D eigenvalue weighted by atomic mass is 32.1. The highest BCUT2D eigenvalue weighted by molar-refractivity contribution is 7.07. The number of thiazole rings is 1. The van der Waals surface area contributed by atoms with Gasteiger partial charge in [0.15, 0.2) is 0 Å². The number of carbonyl (C=O) groups is 3. The molecule has 0 radical (unpaired) electrons. The van der Waals surface area contributed by atoms with E-state index in [2.05, 4.69) is 45.6 Å². The Labute approximate surface area is 245 Å². The summed E-state index contributed by atoms with van der Waals surface area (Å²) in [4.78, 5) is 44.2. The van der Waals surface area contributed by atoms with E-state index in [-0.39, 0.29) is 11.4 Å². The Kier molecular flexibility index (Phi) is 10.6. The van der Waals surface area contributed by atoms with E-state index < -0.39 is 24.3 Å². The number of carbonyl (C=O) groups excluding carboxylic acids is 1. The molecule has 0 saturated carbocycles. The molecule has 1 aromatic carbocycles. The molecular formula is C26H27F6N5O5S. The van der Waals surface area contributed by atoms with Gasteiger partial charge in [-0.3, -0.25) is 9.69 Å². The largest absolute Gasteiger partial charge is 0.490 e. The summed E-state index contributed by atoms with van der Waals surface area (Å²) in [6.45, 7) is 6.66. The van der Waals surface area contributed by atoms with Gasteiger partial charge in [-0.25, -0.2) is 19.6 Å². The molecule has 17 heteroatoms. The number of imidazole rings is 1. The molecule has 2 aliphatic heterocycles. The lowest BCUT2D eigenvalue weighted by molar-refractivity contribution is -0.193. The lowest BCUT2D eigenvalue weighted by Crippen LogP contribution is -2.58. The zero-order valence-electron chi connectivity index (χ0n) is 22.6. The molecule has 1 fully saturated rings. The average Bonchev–Trinajstić information content (AvgIpc) is 3.65. The van der Waals surface area contributed by atoms with E-state index in [0.29, 0.717) is 5.69 Å². The van der Waals surface area contributed by atoms with Gasteiger partial charge in [0.05, 0.1) is 22.9 Å². The van der Waals surface area contributed by atoms with Crippen molar-refractivity contribution in [3.8, 4) is 11.3 Å². The highest BCUT2D eigenvalue weighted by Crippen LogP contribution is 2.42. The Morgan fingerprint density at radius 1 is 0.907 bits per heavy atom. The number of carboxylic acids is 2. The van der Waals surface area contributed by atoms with Gasteiger partial charge in [-0.15, -0.1) is 11.3 Å². The van der Waals surface area contributed by atoms with Gasteiger partial charge in [-0.1, -0.05) is 37.3 Å². The van der Waals surface area contributed by atoms with Crippen molar-refractivity contribution in [2.24, 2.45) is 0 Å². The lowest BCUT2D eigenvalue weighted by atomic mass is 9.83. The van der Waals surface area contributed by atoms with Crippen molar-refractivity contribution in [2.45, 2.75) is 44.2 Å². The maximum atomic E-state index is 12.8. The predicted octanol–water partition coefficient (Wildman–Crippen LogP) is 4.74. The molecule has 4 heterocycles. The Balaban J connectivity index is 0.000000303. The smallest absolute Gasteiger partial charge is 0.475 e. The molecule has 10 nitrogen and oxygen atoms in total. The van der Waals surface area contributed by atoms with Crippen LogP contribution < -0.4 is 0 Å². The molecule has 1 spiro atoms. The summed E-state index contributed by atoms with van der Waals surface area (Å²) in [5.74, 6) is -4.31. The molecule has 2 aliphatic rings. The number of fused-ring (bicyclic) bond motifs is 2. The van der Waals surface area contributed by atoms with Crippen molar-refractivity contribution in [1.82, 2.24) is 24.3 Å². The number of benzene rings is 1. The van der Waals surface area contributed by atoms with E-state index in [9.17, 15) is 31.1 Å². The van der Waals surface area contributed by atoms with Gasteiger partial charge in [0.1, 0.15) is 11.5 Å². The minimum Gasteiger partial charge on any atom is -0.475 e. The van der Waals surface area contributed by atoms with Crippen LogP contribution in [0.15, 0.2) is 47.4 Å². The zero-order valence-corrected chi connectivity index (χ0v) is 23.4. The minimum absolute atomic E-state index is 0.0493. The molecule has 2 N–H and O–H groups in total. The Morgan fingerprint density at radius 3 is 1.93 bits per heavy atom. The Hall–Kier alpha value is -3.99. The predicted molar refractivity (Wildman–Crippen MR) is 141 cm³/mol. The van der Waals surface area contributed by atoms with Gasteiger partial charge >= 0.3 is 24.3 Å². The standard InChI is InChI=1S/C22H25N5OS.2C2HF3O2/c1-2-26-12-13-27-19(17-6-4-3-5-7-17)14-23-21(27)22(26)8-10-25(11-9-22)20(28)18-15-29-16-24-18;2*3-2(4,5)1(6)7/h3-7,14-16H,2,8-13H2,1H3;2*(H,6,7). The number of nitrogens with zero attached hydrogens (tertiary/aromatic N) is 5. The van der Waals surface area contributed by atoms with Crippen LogP contribution in [0.4, 0.5) is 26.3 Å². The van der Waals surface area contributed by atoms with Crippen LogP contribution >= 0.6 is 11.3 Å². The molecular weight excluding hydrogens is 608 g/mol. The van der Waals surface area contributed by atoms with Gasteiger partial charge in [0.25, 0.3) is 5.91 Å². The van der Waals surface area contributed by atoms with Gasteiger partial charge in [0, 0.05) is 31.6 Å². The number of hydrogen-bond donors (Lipinski definition) is 2. The maximum absolute atomic E-state index is 12.8. The molecule has 1 saturated heterocycles. The van der Waals surface area contributed by atoms with Crippen molar-refractivity contribution in [1.29, 1.82) is 0 Å². The van der Waals surface area contributed by atoms with Crippen LogP contribution in [0.2, 0.25) is 0 Å². The quantitative estimate of drug-likeness (QED) is 0.395. The summed E-state index contributed by atoms with van der Waals surface area (Å²) in [5.41, 5.74) is 4.59. The molecule has 43 heavy (non-hydrogen) atoms. The minimum atomic E-state index is -5.08. The molecule has 3 aromatic rings. The fraction of sp³-hybridized carbons (Fsp3) is 0.423. The van der Waals surface area contributed by atoms with Crippen LogP contribution in [0.5, 0.6) is 0 Å². The highest BCUT2D eigenvalue weighted by Gasteiger charge is 2.47. The molecule has 0 unspecified atom stereocenters. The second-order valence-corrected chi connectivity index (χ2v) is 10.1. The fourth-order valence-electron chi connectivity index (χ4n) is 4.95. The second-order valence-electron chi connectivity index (χ2n) is 9.37. The molecule has 0 aliphatic carbocycles. The molecule has 234 valence electrons. The number of halogens is 6. The van der Waals surface area contributed by atoms with Crippen molar-refractivity contribution in [2.75, 3.05) is 26.2 Å². The summed E-state index contributed by atoms with van der Waals surface area (Å²) in [7, 11) is 0. The summed E-state index contributed by atoms with van der Waals surface area (Å²) < 4.78 is 65.9. The topological polar surface area (TPSA) is 129 Å². The fourth-order valence-corrected chi connectivity index (χ4v) is 5.48. The maximum Gasteiger partial charge on any atom is 0.490 e. The number of amides is 1. The number of piperidine rings is 1. The monoisotopic (exact) mass is 635 g/mol. The summed E-state index contributed by atoms with van der Waals surface area (Å²) in [6, 6.07) is 10.5.